The van der Waals surface area contributed by atoms with Crippen LogP contribution in [0.5, 0.6) is 0 Å². The van der Waals surface area contributed by atoms with E-state index in [9.17, 15) is 0 Å². The highest BCUT2D eigenvalue weighted by Crippen LogP contribution is 2.32. The molecule has 0 aromatic rings. The molecule has 6 nitrogen and oxygen atoms in total. The molecule has 0 aliphatic heterocycles. The molecular formula is C7H16O6. The van der Waals surface area contributed by atoms with Crippen molar-refractivity contribution >= 4 is 0 Å². The van der Waals surface area contributed by atoms with Gasteiger partial charge in [0.25, 0.3) is 11.9 Å². The van der Waals surface area contributed by atoms with Gasteiger partial charge in [-0.3, -0.25) is 0 Å². The Bertz CT molecular complexity index is 145. The van der Waals surface area contributed by atoms with Gasteiger partial charge in [0.15, 0.2) is 0 Å². The Labute approximate surface area is 75.7 Å². The average Bonchev–Trinajstić information content (AvgIpc) is 1.43. The summed E-state index contributed by atoms with van der Waals surface area (Å²) in [7, 11) is 0. The van der Waals surface area contributed by atoms with Crippen LogP contribution in [-0.4, -0.2) is 42.6 Å². The quantitative estimate of drug-likeness (QED) is 0.291. The molecule has 0 aliphatic carbocycles. The molecule has 0 heterocycles. The van der Waals surface area contributed by atoms with Gasteiger partial charge in [-0.1, -0.05) is 13.8 Å². The minimum atomic E-state index is -2.88. The monoisotopic (exact) mass is 196 g/mol. The van der Waals surface area contributed by atoms with Crippen molar-refractivity contribution in [3.05, 3.63) is 0 Å². The van der Waals surface area contributed by atoms with E-state index in [2.05, 4.69) is 0 Å². The van der Waals surface area contributed by atoms with E-state index in [1.807, 2.05) is 0 Å². The summed E-state index contributed by atoms with van der Waals surface area (Å²) < 4.78 is 0. The van der Waals surface area contributed by atoms with E-state index in [0.717, 1.165) is 0 Å². The molecule has 13 heavy (non-hydrogen) atoms. The van der Waals surface area contributed by atoms with Gasteiger partial charge in [0.2, 0.25) is 0 Å². The molecule has 6 N–H and O–H groups in total. The maximum absolute atomic E-state index is 8.62. The molecular weight excluding hydrogens is 180 g/mol. The summed E-state index contributed by atoms with van der Waals surface area (Å²) in [6, 6.07) is 0. The Balaban J connectivity index is 4.25. The summed E-state index contributed by atoms with van der Waals surface area (Å²) in [6.45, 7) is 2.86. The first kappa shape index (κ1) is 12.8. The number of hydrogen-bond acceptors (Lipinski definition) is 6. The van der Waals surface area contributed by atoms with Crippen molar-refractivity contribution in [3.63, 3.8) is 0 Å². The molecule has 0 aromatic heterocycles. The van der Waals surface area contributed by atoms with Gasteiger partial charge in [-0.05, 0) is 5.41 Å². The molecule has 0 radical (unpaired) electrons. The number of aliphatic hydroxyl groups is 6. The third-order valence-electron chi connectivity index (χ3n) is 1.43. The lowest BCUT2D eigenvalue weighted by Gasteiger charge is -2.31. The van der Waals surface area contributed by atoms with Gasteiger partial charge >= 0.3 is 0 Å². The molecule has 0 spiro atoms. The molecule has 0 amide bonds. The van der Waals surface area contributed by atoms with E-state index in [4.69, 9.17) is 30.6 Å². The van der Waals surface area contributed by atoms with Crippen LogP contribution in [0.3, 0.4) is 0 Å². The van der Waals surface area contributed by atoms with Crippen molar-refractivity contribution in [1.29, 1.82) is 0 Å². The average molecular weight is 196 g/mol. The van der Waals surface area contributed by atoms with Gasteiger partial charge in [0, 0.05) is 12.8 Å². The zero-order chi connectivity index (χ0) is 10.9. The molecule has 0 bridgehead atoms. The Morgan fingerprint density at radius 1 is 0.692 bits per heavy atom. The second-order valence-electron chi connectivity index (χ2n) is 4.07. The van der Waals surface area contributed by atoms with Crippen molar-refractivity contribution in [3.8, 4) is 0 Å². The summed E-state index contributed by atoms with van der Waals surface area (Å²) in [5, 5.41) is 51.7. The molecule has 0 saturated carbocycles. The number of hydrogen-bond donors (Lipinski definition) is 6. The highest BCUT2D eigenvalue weighted by Gasteiger charge is 2.36. The van der Waals surface area contributed by atoms with Crippen LogP contribution >= 0.6 is 0 Å². The summed E-state index contributed by atoms with van der Waals surface area (Å²) in [5.74, 6) is -5.76. The summed E-state index contributed by atoms with van der Waals surface area (Å²) in [6.07, 6.45) is -1.02. The first-order valence-electron chi connectivity index (χ1n) is 3.76. The fraction of sp³-hybridized carbons (Fsp3) is 1.00. The predicted molar refractivity (Wildman–Crippen MR) is 41.8 cm³/mol. The van der Waals surface area contributed by atoms with Crippen LogP contribution < -0.4 is 0 Å². The molecule has 80 valence electrons. The molecule has 0 fully saturated rings. The lowest BCUT2D eigenvalue weighted by Crippen LogP contribution is -2.40. The Hall–Kier alpha value is -0.240. The third-order valence-corrected chi connectivity index (χ3v) is 1.43. The minimum Gasteiger partial charge on any atom is -0.344 e. The molecule has 0 rings (SSSR count). The second kappa shape index (κ2) is 3.49. The van der Waals surface area contributed by atoms with E-state index < -0.39 is 30.2 Å². The maximum Gasteiger partial charge on any atom is 0.275 e. The highest BCUT2D eigenvalue weighted by atomic mass is 16.7. The first-order chi connectivity index (χ1) is 5.41. The topological polar surface area (TPSA) is 121 Å². The van der Waals surface area contributed by atoms with Crippen LogP contribution in [0.4, 0.5) is 0 Å². The zero-order valence-corrected chi connectivity index (χ0v) is 7.60. The van der Waals surface area contributed by atoms with Crippen molar-refractivity contribution < 1.29 is 30.6 Å². The van der Waals surface area contributed by atoms with E-state index in [-0.39, 0.29) is 0 Å². The smallest absolute Gasteiger partial charge is 0.275 e. The van der Waals surface area contributed by atoms with Crippen LogP contribution in [0.25, 0.3) is 0 Å². The third kappa shape index (κ3) is 8.10. The molecule has 0 aliphatic rings. The van der Waals surface area contributed by atoms with E-state index >= 15 is 0 Å². The van der Waals surface area contributed by atoms with E-state index in [1.165, 1.54) is 13.8 Å². The van der Waals surface area contributed by atoms with E-state index in [1.54, 1.807) is 0 Å². The first-order valence-corrected chi connectivity index (χ1v) is 3.76. The van der Waals surface area contributed by atoms with Gasteiger partial charge in [0.05, 0.1) is 0 Å². The Morgan fingerprint density at radius 2 is 0.923 bits per heavy atom. The van der Waals surface area contributed by atoms with Crippen LogP contribution in [0, 0.1) is 5.41 Å². The Kier molecular flexibility index (Phi) is 3.42. The highest BCUT2D eigenvalue weighted by molar-refractivity contribution is 4.74. The lowest BCUT2D eigenvalue weighted by atomic mass is 9.83. The van der Waals surface area contributed by atoms with Crippen LogP contribution in [-0.2, 0) is 0 Å². The maximum atomic E-state index is 8.62. The van der Waals surface area contributed by atoms with Crippen LogP contribution in [0.1, 0.15) is 26.7 Å². The second-order valence-corrected chi connectivity index (χ2v) is 4.07. The van der Waals surface area contributed by atoms with Crippen molar-refractivity contribution in [1.82, 2.24) is 0 Å². The van der Waals surface area contributed by atoms with Crippen LogP contribution in [0.2, 0.25) is 0 Å². The van der Waals surface area contributed by atoms with Crippen molar-refractivity contribution in [2.45, 2.75) is 38.6 Å². The van der Waals surface area contributed by atoms with Crippen LogP contribution in [0.15, 0.2) is 0 Å². The van der Waals surface area contributed by atoms with Gasteiger partial charge in [-0.2, -0.15) is 0 Å². The van der Waals surface area contributed by atoms with Gasteiger partial charge in [-0.25, -0.2) is 0 Å². The van der Waals surface area contributed by atoms with Crippen molar-refractivity contribution in [2.75, 3.05) is 0 Å². The SMILES string of the molecule is CC(C)(CC(O)(O)O)CC(O)(O)O. The van der Waals surface area contributed by atoms with Gasteiger partial charge in [0.1, 0.15) is 0 Å². The fourth-order valence-electron chi connectivity index (χ4n) is 1.35. The standard InChI is InChI=1S/C7H16O6/c1-5(2,3-6(8,9)10)4-7(11,12)13/h8-13H,3-4H2,1-2H3. The molecule has 6 heteroatoms. The van der Waals surface area contributed by atoms with Gasteiger partial charge < -0.3 is 30.6 Å². The summed E-state index contributed by atoms with van der Waals surface area (Å²) >= 11 is 0. The normalized spacial score (nSPS) is 14.8. The molecule has 0 unspecified atom stereocenters. The fourth-order valence-corrected chi connectivity index (χ4v) is 1.35. The molecule has 0 saturated heterocycles. The largest absolute Gasteiger partial charge is 0.344 e. The Morgan fingerprint density at radius 3 is 1.08 bits per heavy atom. The predicted octanol–water partition coefficient (Wildman–Crippen LogP) is -1.95. The zero-order valence-electron chi connectivity index (χ0n) is 7.60. The summed E-state index contributed by atoms with van der Waals surface area (Å²) in [5.41, 5.74) is -1.03. The van der Waals surface area contributed by atoms with Gasteiger partial charge in [-0.15, -0.1) is 0 Å². The lowest BCUT2D eigenvalue weighted by molar-refractivity contribution is -0.348. The molecule has 0 atom stereocenters. The molecule has 0 aromatic carbocycles. The minimum absolute atomic E-state index is 0.510. The van der Waals surface area contributed by atoms with Crippen molar-refractivity contribution in [2.24, 2.45) is 5.41 Å². The number of rotatable bonds is 4. The summed E-state index contributed by atoms with van der Waals surface area (Å²) in [4.78, 5) is 0. The van der Waals surface area contributed by atoms with E-state index in [0.29, 0.717) is 0 Å².